The standard InChI is InChI=1S/C12H16F3N3OS/c1-8-10(9(2)19)20-11(16-8)18-5-3-17(4-6-18)7-12(13,14)15/h3-7H2,1-2H3. The van der Waals surface area contributed by atoms with Crippen molar-refractivity contribution < 1.29 is 18.0 Å². The number of halogens is 3. The van der Waals surface area contributed by atoms with Gasteiger partial charge < -0.3 is 4.90 Å². The van der Waals surface area contributed by atoms with Crippen LogP contribution in [0.2, 0.25) is 0 Å². The molecule has 1 saturated heterocycles. The Balaban J connectivity index is 1.97. The average Bonchev–Trinajstić information content (AvgIpc) is 2.70. The van der Waals surface area contributed by atoms with Crippen molar-refractivity contribution in [2.75, 3.05) is 37.6 Å². The molecule has 8 heteroatoms. The molecule has 20 heavy (non-hydrogen) atoms. The highest BCUT2D eigenvalue weighted by Crippen LogP contribution is 2.27. The van der Waals surface area contributed by atoms with Crippen molar-refractivity contribution >= 4 is 22.3 Å². The predicted molar refractivity (Wildman–Crippen MR) is 71.6 cm³/mol. The van der Waals surface area contributed by atoms with Crippen molar-refractivity contribution in [3.8, 4) is 0 Å². The van der Waals surface area contributed by atoms with Crippen LogP contribution in [0.25, 0.3) is 0 Å². The molecule has 1 fully saturated rings. The van der Waals surface area contributed by atoms with Crippen LogP contribution >= 0.6 is 11.3 Å². The molecule has 0 saturated carbocycles. The van der Waals surface area contributed by atoms with Crippen LogP contribution in [-0.4, -0.2) is 54.6 Å². The SMILES string of the molecule is CC(=O)c1sc(N2CCN(CC(F)(F)F)CC2)nc1C. The van der Waals surface area contributed by atoms with E-state index in [4.69, 9.17) is 0 Å². The van der Waals surface area contributed by atoms with Crippen molar-refractivity contribution in [2.24, 2.45) is 0 Å². The maximum absolute atomic E-state index is 12.3. The van der Waals surface area contributed by atoms with Crippen molar-refractivity contribution in [3.63, 3.8) is 0 Å². The highest BCUT2D eigenvalue weighted by molar-refractivity contribution is 7.17. The van der Waals surface area contributed by atoms with Gasteiger partial charge in [-0.1, -0.05) is 11.3 Å². The van der Waals surface area contributed by atoms with E-state index in [-0.39, 0.29) is 5.78 Å². The molecule has 0 radical (unpaired) electrons. The number of ketones is 1. The van der Waals surface area contributed by atoms with E-state index >= 15 is 0 Å². The molecule has 0 aliphatic carbocycles. The number of nitrogens with zero attached hydrogens (tertiary/aromatic N) is 3. The van der Waals surface area contributed by atoms with Gasteiger partial charge in [-0.2, -0.15) is 13.2 Å². The number of hydrogen-bond donors (Lipinski definition) is 0. The summed E-state index contributed by atoms with van der Waals surface area (Å²) in [4.78, 5) is 19.7. The molecule has 0 bridgehead atoms. The van der Waals surface area contributed by atoms with Gasteiger partial charge in [0.1, 0.15) is 0 Å². The summed E-state index contributed by atoms with van der Waals surface area (Å²) in [5, 5.41) is 0.722. The molecule has 0 N–H and O–H groups in total. The maximum Gasteiger partial charge on any atom is 0.401 e. The normalized spacial score (nSPS) is 17.6. The number of thiazole rings is 1. The summed E-state index contributed by atoms with van der Waals surface area (Å²) in [5.74, 6) is -0.0260. The van der Waals surface area contributed by atoms with E-state index in [1.165, 1.54) is 23.2 Å². The summed E-state index contributed by atoms with van der Waals surface area (Å²) in [7, 11) is 0. The monoisotopic (exact) mass is 307 g/mol. The summed E-state index contributed by atoms with van der Waals surface area (Å²) in [6.07, 6.45) is -4.15. The fraction of sp³-hybridized carbons (Fsp3) is 0.667. The Morgan fingerprint density at radius 3 is 2.35 bits per heavy atom. The Labute approximate surface area is 119 Å². The fourth-order valence-electron chi connectivity index (χ4n) is 2.19. The number of aromatic nitrogens is 1. The molecule has 1 aromatic rings. The van der Waals surface area contributed by atoms with Gasteiger partial charge in [0.2, 0.25) is 0 Å². The lowest BCUT2D eigenvalue weighted by atomic mass is 10.3. The van der Waals surface area contributed by atoms with Crippen LogP contribution in [0.1, 0.15) is 22.3 Å². The number of piperazine rings is 1. The number of aryl methyl sites for hydroxylation is 1. The molecule has 0 unspecified atom stereocenters. The Morgan fingerprint density at radius 1 is 1.30 bits per heavy atom. The van der Waals surface area contributed by atoms with E-state index in [1.54, 1.807) is 6.92 Å². The van der Waals surface area contributed by atoms with Crippen LogP contribution in [0.4, 0.5) is 18.3 Å². The summed E-state index contributed by atoms with van der Waals surface area (Å²) >= 11 is 1.31. The zero-order valence-electron chi connectivity index (χ0n) is 11.3. The molecule has 0 aromatic carbocycles. The molecule has 112 valence electrons. The van der Waals surface area contributed by atoms with Crippen molar-refractivity contribution in [3.05, 3.63) is 10.6 Å². The van der Waals surface area contributed by atoms with Gasteiger partial charge >= 0.3 is 6.18 Å². The average molecular weight is 307 g/mol. The second kappa shape index (κ2) is 5.69. The smallest absolute Gasteiger partial charge is 0.346 e. The Morgan fingerprint density at radius 2 is 1.90 bits per heavy atom. The van der Waals surface area contributed by atoms with Gasteiger partial charge in [0, 0.05) is 33.1 Å². The van der Waals surface area contributed by atoms with Gasteiger partial charge in [-0.05, 0) is 6.92 Å². The van der Waals surface area contributed by atoms with Crippen LogP contribution in [0.3, 0.4) is 0 Å². The Kier molecular flexibility index (Phi) is 4.33. The Bertz CT molecular complexity index is 493. The van der Waals surface area contributed by atoms with Crippen LogP contribution in [0, 0.1) is 6.92 Å². The first kappa shape index (κ1) is 15.2. The number of Topliss-reactive ketones (excluding diaryl/α,β-unsaturated/α-hetero) is 1. The van der Waals surface area contributed by atoms with E-state index in [9.17, 15) is 18.0 Å². The molecule has 4 nitrogen and oxygen atoms in total. The van der Waals surface area contributed by atoms with E-state index in [0.29, 0.717) is 36.8 Å². The molecule has 1 aliphatic heterocycles. The first-order chi connectivity index (χ1) is 9.26. The van der Waals surface area contributed by atoms with Crippen LogP contribution < -0.4 is 4.90 Å². The number of anilines is 1. The highest BCUT2D eigenvalue weighted by atomic mass is 32.1. The minimum Gasteiger partial charge on any atom is -0.346 e. The predicted octanol–water partition coefficient (Wildman–Crippen LogP) is 2.34. The van der Waals surface area contributed by atoms with Crippen LogP contribution in [0.5, 0.6) is 0 Å². The summed E-state index contributed by atoms with van der Waals surface area (Å²) in [6.45, 7) is 4.11. The molecule has 1 aromatic heterocycles. The second-order valence-electron chi connectivity index (χ2n) is 4.85. The van der Waals surface area contributed by atoms with Gasteiger partial charge in [0.05, 0.1) is 17.1 Å². The first-order valence-corrected chi connectivity index (χ1v) is 7.10. The molecular weight excluding hydrogens is 291 g/mol. The highest BCUT2D eigenvalue weighted by Gasteiger charge is 2.32. The number of carbonyl (C=O) groups excluding carboxylic acids is 1. The largest absolute Gasteiger partial charge is 0.401 e. The van der Waals surface area contributed by atoms with Crippen molar-refractivity contribution in [2.45, 2.75) is 20.0 Å². The Hall–Kier alpha value is -1.15. The molecule has 0 amide bonds. The lowest BCUT2D eigenvalue weighted by molar-refractivity contribution is -0.146. The third-order valence-electron chi connectivity index (χ3n) is 3.15. The molecule has 0 atom stereocenters. The quantitative estimate of drug-likeness (QED) is 0.803. The van der Waals surface area contributed by atoms with Gasteiger partial charge in [-0.15, -0.1) is 0 Å². The van der Waals surface area contributed by atoms with Crippen molar-refractivity contribution in [1.29, 1.82) is 0 Å². The third-order valence-corrected chi connectivity index (χ3v) is 4.47. The van der Waals surface area contributed by atoms with Gasteiger partial charge in [0.25, 0.3) is 0 Å². The zero-order chi connectivity index (χ0) is 14.9. The van der Waals surface area contributed by atoms with Crippen LogP contribution in [-0.2, 0) is 0 Å². The molecule has 2 heterocycles. The maximum atomic E-state index is 12.3. The van der Waals surface area contributed by atoms with E-state index < -0.39 is 12.7 Å². The molecule has 2 rings (SSSR count). The third kappa shape index (κ3) is 3.69. The lowest BCUT2D eigenvalue weighted by Crippen LogP contribution is -2.49. The zero-order valence-corrected chi connectivity index (χ0v) is 12.1. The van der Waals surface area contributed by atoms with E-state index in [0.717, 1.165) is 5.13 Å². The second-order valence-corrected chi connectivity index (χ2v) is 5.82. The van der Waals surface area contributed by atoms with E-state index in [1.807, 2.05) is 4.90 Å². The van der Waals surface area contributed by atoms with E-state index in [2.05, 4.69) is 4.98 Å². The van der Waals surface area contributed by atoms with Crippen LogP contribution in [0.15, 0.2) is 0 Å². The molecular formula is C12H16F3N3OS. The van der Waals surface area contributed by atoms with Gasteiger partial charge in [-0.25, -0.2) is 4.98 Å². The lowest BCUT2D eigenvalue weighted by Gasteiger charge is -2.34. The van der Waals surface area contributed by atoms with Crippen molar-refractivity contribution in [1.82, 2.24) is 9.88 Å². The van der Waals surface area contributed by atoms with Gasteiger partial charge in [-0.3, -0.25) is 9.69 Å². The number of rotatable bonds is 3. The van der Waals surface area contributed by atoms with Gasteiger partial charge in [0.15, 0.2) is 10.9 Å². The topological polar surface area (TPSA) is 36.4 Å². The minimum absolute atomic E-state index is 0.0260. The summed E-state index contributed by atoms with van der Waals surface area (Å²) < 4.78 is 36.9. The number of hydrogen-bond acceptors (Lipinski definition) is 5. The molecule has 1 aliphatic rings. The fourth-order valence-corrected chi connectivity index (χ4v) is 3.21. The number of carbonyl (C=O) groups is 1. The number of alkyl halides is 3. The minimum atomic E-state index is -4.15. The summed E-state index contributed by atoms with van der Waals surface area (Å²) in [5.41, 5.74) is 0.690. The summed E-state index contributed by atoms with van der Waals surface area (Å²) in [6, 6.07) is 0. The first-order valence-electron chi connectivity index (χ1n) is 6.28. The molecule has 0 spiro atoms.